The first-order valence-corrected chi connectivity index (χ1v) is 8.08. The van der Waals surface area contributed by atoms with Crippen LogP contribution in [0.4, 0.5) is 0 Å². The lowest BCUT2D eigenvalue weighted by Gasteiger charge is -2.34. The van der Waals surface area contributed by atoms with Crippen LogP contribution in [0, 0.1) is 0 Å². The normalized spacial score (nSPS) is 16.0. The number of hydrogen-bond donors (Lipinski definition) is 1. The van der Waals surface area contributed by atoms with E-state index in [2.05, 4.69) is 14.8 Å². The molecule has 130 valence electrons. The first-order chi connectivity index (χ1) is 11.0. The van der Waals surface area contributed by atoms with Crippen molar-refractivity contribution in [2.75, 3.05) is 6.54 Å². The summed E-state index contributed by atoms with van der Waals surface area (Å²) >= 11 is 0. The van der Waals surface area contributed by atoms with Crippen molar-refractivity contribution in [1.29, 1.82) is 0 Å². The summed E-state index contributed by atoms with van der Waals surface area (Å²) in [6.07, 6.45) is 1.57. The molecule has 0 radical (unpaired) electrons. The van der Waals surface area contributed by atoms with E-state index in [-0.39, 0.29) is 18.3 Å². The average molecular weight is 350 g/mol. The maximum atomic E-state index is 12.6. The van der Waals surface area contributed by atoms with E-state index in [4.69, 9.17) is 5.73 Å². The molecule has 0 fully saturated rings. The summed E-state index contributed by atoms with van der Waals surface area (Å²) in [5.41, 5.74) is 6.42. The number of nitrogens with two attached hydrogens (primary N) is 1. The van der Waals surface area contributed by atoms with Gasteiger partial charge in [-0.25, -0.2) is 0 Å². The van der Waals surface area contributed by atoms with Crippen LogP contribution in [-0.4, -0.2) is 37.7 Å². The van der Waals surface area contributed by atoms with Crippen LogP contribution in [0.3, 0.4) is 0 Å². The SMILES string of the molecule is CCCC(C)(N)C(=O)N1CCn2c(nnc2-c2ccccc2)C1.Cl. The molecule has 1 aliphatic heterocycles. The highest BCUT2D eigenvalue weighted by atomic mass is 35.5. The number of hydrogen-bond acceptors (Lipinski definition) is 4. The van der Waals surface area contributed by atoms with Gasteiger partial charge in [-0.2, -0.15) is 0 Å². The van der Waals surface area contributed by atoms with Crippen molar-refractivity contribution < 1.29 is 4.79 Å². The minimum Gasteiger partial charge on any atom is -0.332 e. The van der Waals surface area contributed by atoms with Gasteiger partial charge in [0, 0.05) is 18.7 Å². The quantitative estimate of drug-likeness (QED) is 0.918. The number of carbonyl (C=O) groups is 1. The Bertz CT molecular complexity index is 698. The highest BCUT2D eigenvalue weighted by Crippen LogP contribution is 2.23. The molecular weight excluding hydrogens is 326 g/mol. The number of halogens is 1. The second-order valence-corrected chi connectivity index (χ2v) is 6.35. The number of rotatable bonds is 4. The lowest BCUT2D eigenvalue weighted by Crippen LogP contribution is -2.54. The molecule has 0 aliphatic carbocycles. The number of aromatic nitrogens is 3. The van der Waals surface area contributed by atoms with Crippen LogP contribution in [0.5, 0.6) is 0 Å². The molecule has 0 spiro atoms. The van der Waals surface area contributed by atoms with Gasteiger partial charge in [0.1, 0.15) is 0 Å². The fraction of sp³-hybridized carbons (Fsp3) is 0.471. The van der Waals surface area contributed by atoms with Gasteiger partial charge in [-0.3, -0.25) is 4.79 Å². The molecule has 24 heavy (non-hydrogen) atoms. The number of fused-ring (bicyclic) bond motifs is 1. The van der Waals surface area contributed by atoms with Crippen LogP contribution in [0.2, 0.25) is 0 Å². The minimum atomic E-state index is -0.806. The zero-order valence-electron chi connectivity index (χ0n) is 14.1. The van der Waals surface area contributed by atoms with Gasteiger partial charge in [-0.05, 0) is 13.3 Å². The second kappa shape index (κ2) is 7.32. The maximum absolute atomic E-state index is 12.6. The first kappa shape index (κ1) is 18.4. The van der Waals surface area contributed by atoms with Crippen molar-refractivity contribution in [1.82, 2.24) is 19.7 Å². The van der Waals surface area contributed by atoms with E-state index in [1.54, 1.807) is 4.90 Å². The van der Waals surface area contributed by atoms with Gasteiger partial charge in [0.2, 0.25) is 5.91 Å². The zero-order chi connectivity index (χ0) is 16.4. The van der Waals surface area contributed by atoms with E-state index in [1.807, 2.05) is 44.2 Å². The molecule has 2 aromatic rings. The Balaban J connectivity index is 0.00000208. The topological polar surface area (TPSA) is 77.0 Å². The largest absolute Gasteiger partial charge is 0.332 e. The Morgan fingerprint density at radius 1 is 1.25 bits per heavy atom. The van der Waals surface area contributed by atoms with Crippen molar-refractivity contribution >= 4 is 18.3 Å². The van der Waals surface area contributed by atoms with Crippen LogP contribution >= 0.6 is 12.4 Å². The Labute approximate surface area is 148 Å². The predicted octanol–water partition coefficient (Wildman–Crippen LogP) is 2.23. The van der Waals surface area contributed by atoms with E-state index in [9.17, 15) is 4.79 Å². The summed E-state index contributed by atoms with van der Waals surface area (Å²) in [6, 6.07) is 9.99. The first-order valence-electron chi connectivity index (χ1n) is 8.08. The molecule has 0 saturated heterocycles. The van der Waals surface area contributed by atoms with Crippen LogP contribution in [0.1, 0.15) is 32.5 Å². The molecule has 1 aromatic carbocycles. The van der Waals surface area contributed by atoms with Gasteiger partial charge in [0.05, 0.1) is 12.1 Å². The summed E-state index contributed by atoms with van der Waals surface area (Å²) in [5, 5.41) is 8.58. The molecule has 3 rings (SSSR count). The molecular formula is C17H24ClN5O. The smallest absolute Gasteiger partial charge is 0.242 e. The molecule has 1 aliphatic rings. The van der Waals surface area contributed by atoms with Crippen molar-refractivity contribution in [2.45, 2.75) is 45.3 Å². The Hall–Kier alpha value is -1.92. The van der Waals surface area contributed by atoms with Gasteiger partial charge < -0.3 is 15.2 Å². The van der Waals surface area contributed by atoms with Gasteiger partial charge in [-0.15, -0.1) is 22.6 Å². The Morgan fingerprint density at radius 3 is 2.62 bits per heavy atom. The third-order valence-electron chi connectivity index (χ3n) is 4.33. The Kier molecular flexibility index (Phi) is 5.62. The highest BCUT2D eigenvalue weighted by molar-refractivity contribution is 5.86. The standard InChI is InChI=1S/C17H23N5O.ClH/c1-3-9-17(2,18)16(23)21-10-11-22-14(12-21)19-20-15(22)13-7-5-4-6-8-13;/h4-8H,3,9-12,18H2,1-2H3;1H. The summed E-state index contributed by atoms with van der Waals surface area (Å²) in [4.78, 5) is 14.4. The van der Waals surface area contributed by atoms with Gasteiger partial charge in [0.15, 0.2) is 11.6 Å². The second-order valence-electron chi connectivity index (χ2n) is 6.35. The number of amides is 1. The summed E-state index contributed by atoms with van der Waals surface area (Å²) in [6.45, 7) is 5.65. The molecule has 1 atom stereocenters. The zero-order valence-corrected chi connectivity index (χ0v) is 14.9. The summed E-state index contributed by atoms with van der Waals surface area (Å²) in [5.74, 6) is 1.67. The molecule has 0 saturated carbocycles. The van der Waals surface area contributed by atoms with Crippen molar-refractivity contribution in [2.24, 2.45) is 5.73 Å². The van der Waals surface area contributed by atoms with Crippen molar-refractivity contribution in [3.63, 3.8) is 0 Å². The van der Waals surface area contributed by atoms with E-state index in [1.165, 1.54) is 0 Å². The molecule has 6 nitrogen and oxygen atoms in total. The number of carbonyl (C=O) groups excluding carboxylic acids is 1. The third kappa shape index (κ3) is 3.44. The predicted molar refractivity (Wildman–Crippen MR) is 95.6 cm³/mol. The van der Waals surface area contributed by atoms with E-state index >= 15 is 0 Å². The lowest BCUT2D eigenvalue weighted by atomic mass is 9.95. The van der Waals surface area contributed by atoms with Crippen LogP contribution < -0.4 is 5.73 Å². The van der Waals surface area contributed by atoms with E-state index in [0.29, 0.717) is 26.1 Å². The molecule has 1 aromatic heterocycles. The van der Waals surface area contributed by atoms with Crippen LogP contribution in [0.25, 0.3) is 11.4 Å². The van der Waals surface area contributed by atoms with Crippen molar-refractivity contribution in [3.8, 4) is 11.4 Å². The molecule has 1 amide bonds. The molecule has 7 heteroatoms. The number of benzene rings is 1. The lowest BCUT2D eigenvalue weighted by molar-refractivity contribution is -0.138. The molecule has 1 unspecified atom stereocenters. The minimum absolute atomic E-state index is 0. The van der Waals surface area contributed by atoms with Crippen LogP contribution in [-0.2, 0) is 17.9 Å². The monoisotopic (exact) mass is 349 g/mol. The van der Waals surface area contributed by atoms with Crippen LogP contribution in [0.15, 0.2) is 30.3 Å². The maximum Gasteiger partial charge on any atom is 0.242 e. The van der Waals surface area contributed by atoms with Gasteiger partial charge >= 0.3 is 0 Å². The number of nitrogens with zero attached hydrogens (tertiary/aromatic N) is 4. The molecule has 0 bridgehead atoms. The molecule has 2 N–H and O–H groups in total. The third-order valence-corrected chi connectivity index (χ3v) is 4.33. The summed E-state index contributed by atoms with van der Waals surface area (Å²) < 4.78 is 2.09. The highest BCUT2D eigenvalue weighted by Gasteiger charge is 2.34. The Morgan fingerprint density at radius 2 is 1.96 bits per heavy atom. The van der Waals surface area contributed by atoms with Gasteiger partial charge in [0.25, 0.3) is 0 Å². The fourth-order valence-corrected chi connectivity index (χ4v) is 3.12. The van der Waals surface area contributed by atoms with E-state index < -0.39 is 5.54 Å². The summed E-state index contributed by atoms with van der Waals surface area (Å²) in [7, 11) is 0. The average Bonchev–Trinajstić information content (AvgIpc) is 2.98. The van der Waals surface area contributed by atoms with Gasteiger partial charge in [-0.1, -0.05) is 43.7 Å². The van der Waals surface area contributed by atoms with E-state index in [0.717, 1.165) is 23.6 Å². The molecule has 2 heterocycles. The fourth-order valence-electron chi connectivity index (χ4n) is 3.12. The van der Waals surface area contributed by atoms with Crippen molar-refractivity contribution in [3.05, 3.63) is 36.2 Å².